The Hall–Kier alpha value is -1.62. The van der Waals surface area contributed by atoms with Crippen molar-refractivity contribution in [1.29, 1.82) is 0 Å². The molecule has 26 heavy (non-hydrogen) atoms. The van der Waals surface area contributed by atoms with Gasteiger partial charge in [-0.3, -0.25) is 4.79 Å². The highest BCUT2D eigenvalue weighted by atomic mass is 16.5. The third-order valence-corrected chi connectivity index (χ3v) is 6.35. The maximum Gasteiger partial charge on any atom is 0.219 e. The van der Waals surface area contributed by atoms with Crippen LogP contribution in [0, 0.1) is 0 Å². The molecule has 1 aromatic rings. The number of carbonyl (C=O) groups is 1. The van der Waals surface area contributed by atoms with Crippen molar-refractivity contribution < 1.29 is 9.53 Å². The van der Waals surface area contributed by atoms with E-state index in [1.165, 1.54) is 48.9 Å². The van der Waals surface area contributed by atoms with Gasteiger partial charge in [0.1, 0.15) is 5.82 Å². The maximum atomic E-state index is 11.8. The molecular weight excluding hydrogens is 326 g/mol. The normalized spacial score (nSPS) is 24.5. The van der Waals surface area contributed by atoms with E-state index in [0.717, 1.165) is 45.1 Å². The quantitative estimate of drug-likeness (QED) is 0.815. The Kier molecular flexibility index (Phi) is 5.16. The molecule has 0 N–H and O–H groups in total. The van der Waals surface area contributed by atoms with Crippen LogP contribution in [0.15, 0.2) is 6.07 Å². The summed E-state index contributed by atoms with van der Waals surface area (Å²) in [6.45, 7) is 7.88. The standard InChI is InChI=1S/C21H31N3O2/c1-15-13-23(9-10-24(15)16(2)25)20-12-18-8-11-26-14-19(18)21(22-20)17-6-4-3-5-7-17/h12,15,17H,3-11,13-14H2,1-2H3/t15-/m1/s1. The average molecular weight is 357 g/mol. The number of pyridine rings is 1. The van der Waals surface area contributed by atoms with Crippen LogP contribution in [0.25, 0.3) is 0 Å². The molecule has 1 atom stereocenters. The summed E-state index contributed by atoms with van der Waals surface area (Å²) in [5, 5.41) is 0. The van der Waals surface area contributed by atoms with Gasteiger partial charge < -0.3 is 14.5 Å². The zero-order valence-electron chi connectivity index (χ0n) is 16.2. The van der Waals surface area contributed by atoms with Crippen molar-refractivity contribution in [3.05, 3.63) is 22.9 Å². The Balaban J connectivity index is 1.63. The lowest BCUT2D eigenvalue weighted by Crippen LogP contribution is -2.53. The Labute approximate surface area is 156 Å². The summed E-state index contributed by atoms with van der Waals surface area (Å²) in [6.07, 6.45) is 7.52. The van der Waals surface area contributed by atoms with Crippen LogP contribution >= 0.6 is 0 Å². The van der Waals surface area contributed by atoms with Crippen molar-refractivity contribution in [2.75, 3.05) is 31.1 Å². The molecule has 0 aromatic carbocycles. The van der Waals surface area contributed by atoms with Gasteiger partial charge in [0.2, 0.25) is 5.91 Å². The van der Waals surface area contributed by atoms with Gasteiger partial charge in [-0.25, -0.2) is 4.98 Å². The third kappa shape index (κ3) is 3.46. The Bertz CT molecular complexity index is 669. The van der Waals surface area contributed by atoms with Gasteiger partial charge in [0.05, 0.1) is 18.9 Å². The molecular formula is C21H31N3O2. The van der Waals surface area contributed by atoms with Gasteiger partial charge in [0.15, 0.2) is 0 Å². The van der Waals surface area contributed by atoms with E-state index in [0.29, 0.717) is 5.92 Å². The predicted octanol–water partition coefficient (Wildman–Crippen LogP) is 3.26. The van der Waals surface area contributed by atoms with Gasteiger partial charge in [0, 0.05) is 44.1 Å². The molecule has 1 saturated carbocycles. The SMILES string of the molecule is CC(=O)N1CCN(c2cc3c(c(C4CCCCC4)n2)COCC3)C[C@H]1C. The number of hydrogen-bond donors (Lipinski definition) is 0. The first-order valence-electron chi connectivity index (χ1n) is 10.3. The van der Waals surface area contributed by atoms with E-state index in [2.05, 4.69) is 17.9 Å². The van der Waals surface area contributed by atoms with Gasteiger partial charge in [-0.15, -0.1) is 0 Å². The van der Waals surface area contributed by atoms with Crippen LogP contribution in [0.3, 0.4) is 0 Å². The fourth-order valence-electron chi connectivity index (χ4n) is 4.89. The second-order valence-electron chi connectivity index (χ2n) is 8.15. The molecule has 1 aliphatic carbocycles. The summed E-state index contributed by atoms with van der Waals surface area (Å²) in [7, 11) is 0. The highest BCUT2D eigenvalue weighted by molar-refractivity contribution is 5.74. The number of fused-ring (bicyclic) bond motifs is 1. The zero-order valence-corrected chi connectivity index (χ0v) is 16.2. The summed E-state index contributed by atoms with van der Waals surface area (Å²) >= 11 is 0. The number of amides is 1. The number of anilines is 1. The van der Waals surface area contributed by atoms with Crippen molar-refractivity contribution in [3.8, 4) is 0 Å². The van der Waals surface area contributed by atoms with Crippen LogP contribution in [0.2, 0.25) is 0 Å². The fourth-order valence-corrected chi connectivity index (χ4v) is 4.89. The predicted molar refractivity (Wildman–Crippen MR) is 102 cm³/mol. The number of nitrogens with zero attached hydrogens (tertiary/aromatic N) is 3. The van der Waals surface area contributed by atoms with E-state index in [4.69, 9.17) is 9.72 Å². The summed E-state index contributed by atoms with van der Waals surface area (Å²) in [5.41, 5.74) is 4.10. The lowest BCUT2D eigenvalue weighted by molar-refractivity contribution is -0.131. The van der Waals surface area contributed by atoms with Crippen molar-refractivity contribution in [3.63, 3.8) is 0 Å². The summed E-state index contributed by atoms with van der Waals surface area (Å²) in [4.78, 5) is 21.3. The van der Waals surface area contributed by atoms with E-state index in [1.54, 1.807) is 6.92 Å². The number of aromatic nitrogens is 1. The van der Waals surface area contributed by atoms with Crippen LogP contribution in [-0.2, 0) is 22.6 Å². The van der Waals surface area contributed by atoms with Gasteiger partial charge in [0.25, 0.3) is 0 Å². The van der Waals surface area contributed by atoms with Crippen LogP contribution in [-0.4, -0.2) is 48.1 Å². The maximum absolute atomic E-state index is 11.8. The lowest BCUT2D eigenvalue weighted by Gasteiger charge is -2.40. The molecule has 2 fully saturated rings. The van der Waals surface area contributed by atoms with E-state index >= 15 is 0 Å². The molecule has 0 unspecified atom stereocenters. The smallest absolute Gasteiger partial charge is 0.219 e. The molecule has 2 aliphatic heterocycles. The summed E-state index contributed by atoms with van der Waals surface area (Å²) in [5.74, 6) is 1.88. The molecule has 0 spiro atoms. The topological polar surface area (TPSA) is 45.7 Å². The minimum atomic E-state index is 0.176. The lowest BCUT2D eigenvalue weighted by atomic mass is 9.83. The van der Waals surface area contributed by atoms with Crippen molar-refractivity contribution in [1.82, 2.24) is 9.88 Å². The van der Waals surface area contributed by atoms with Gasteiger partial charge in [-0.2, -0.15) is 0 Å². The Morgan fingerprint density at radius 3 is 2.77 bits per heavy atom. The monoisotopic (exact) mass is 357 g/mol. The first-order valence-corrected chi connectivity index (χ1v) is 10.3. The van der Waals surface area contributed by atoms with Crippen LogP contribution in [0.4, 0.5) is 5.82 Å². The van der Waals surface area contributed by atoms with E-state index in [-0.39, 0.29) is 11.9 Å². The molecule has 3 aliphatic rings. The van der Waals surface area contributed by atoms with Gasteiger partial charge in [-0.05, 0) is 37.8 Å². The van der Waals surface area contributed by atoms with E-state index in [1.807, 2.05) is 4.90 Å². The Morgan fingerprint density at radius 2 is 2.04 bits per heavy atom. The van der Waals surface area contributed by atoms with Gasteiger partial charge in [-0.1, -0.05) is 19.3 Å². The molecule has 1 aromatic heterocycles. The highest BCUT2D eigenvalue weighted by Crippen LogP contribution is 2.37. The van der Waals surface area contributed by atoms with E-state index in [9.17, 15) is 4.79 Å². The van der Waals surface area contributed by atoms with Crippen molar-refractivity contribution in [2.24, 2.45) is 0 Å². The molecule has 142 valence electrons. The average Bonchev–Trinajstić information content (AvgIpc) is 2.67. The number of hydrogen-bond acceptors (Lipinski definition) is 4. The van der Waals surface area contributed by atoms with Crippen LogP contribution in [0.1, 0.15) is 68.7 Å². The Morgan fingerprint density at radius 1 is 1.23 bits per heavy atom. The largest absolute Gasteiger partial charge is 0.376 e. The number of ether oxygens (including phenoxy) is 1. The fraction of sp³-hybridized carbons (Fsp3) is 0.714. The molecule has 1 saturated heterocycles. The molecule has 0 radical (unpaired) electrons. The first-order chi connectivity index (χ1) is 12.6. The summed E-state index contributed by atoms with van der Waals surface area (Å²) < 4.78 is 5.77. The first kappa shape index (κ1) is 17.8. The number of piperazine rings is 1. The van der Waals surface area contributed by atoms with E-state index < -0.39 is 0 Å². The molecule has 1 amide bonds. The molecule has 0 bridgehead atoms. The van der Waals surface area contributed by atoms with Crippen LogP contribution < -0.4 is 4.90 Å². The zero-order chi connectivity index (χ0) is 18.1. The molecule has 5 nitrogen and oxygen atoms in total. The van der Waals surface area contributed by atoms with Crippen LogP contribution in [0.5, 0.6) is 0 Å². The minimum Gasteiger partial charge on any atom is -0.376 e. The third-order valence-electron chi connectivity index (χ3n) is 6.35. The molecule has 3 heterocycles. The minimum absolute atomic E-state index is 0.176. The molecule has 4 rings (SSSR count). The van der Waals surface area contributed by atoms with Crippen molar-refractivity contribution >= 4 is 11.7 Å². The number of rotatable bonds is 2. The van der Waals surface area contributed by atoms with Gasteiger partial charge >= 0.3 is 0 Å². The summed E-state index contributed by atoms with van der Waals surface area (Å²) in [6, 6.07) is 2.53. The number of carbonyl (C=O) groups excluding carboxylic acids is 1. The second-order valence-corrected chi connectivity index (χ2v) is 8.15. The van der Waals surface area contributed by atoms with Crippen molar-refractivity contribution in [2.45, 2.75) is 70.9 Å². The highest BCUT2D eigenvalue weighted by Gasteiger charge is 2.29. The molecule has 5 heteroatoms. The second kappa shape index (κ2) is 7.55.